The van der Waals surface area contributed by atoms with Crippen LogP contribution in [0.5, 0.6) is 0 Å². The van der Waals surface area contributed by atoms with E-state index in [1.165, 1.54) is 6.08 Å². The second-order valence-electron chi connectivity index (χ2n) is 6.59. The highest BCUT2D eigenvalue weighted by Crippen LogP contribution is 2.19. The highest BCUT2D eigenvalue weighted by Gasteiger charge is 2.11. The van der Waals surface area contributed by atoms with Crippen LogP contribution in [-0.4, -0.2) is 28.1 Å². The van der Waals surface area contributed by atoms with Crippen LogP contribution < -0.4 is 10.6 Å². The summed E-state index contributed by atoms with van der Waals surface area (Å²) in [5.74, 6) is -0.442. The van der Waals surface area contributed by atoms with E-state index in [0.717, 1.165) is 22.6 Å². The quantitative estimate of drug-likeness (QED) is 0.629. The smallest absolute Gasteiger partial charge is 0.251 e. The van der Waals surface area contributed by atoms with Crippen LogP contribution in [0.15, 0.2) is 60.7 Å². The van der Waals surface area contributed by atoms with Crippen LogP contribution in [-0.2, 0) is 4.79 Å². The number of carbonyl (C=O) groups excluding carboxylic acids is 2. The van der Waals surface area contributed by atoms with Gasteiger partial charge in [-0.05, 0) is 57.2 Å². The van der Waals surface area contributed by atoms with E-state index in [1.54, 1.807) is 30.3 Å². The Bertz CT molecular complexity index is 1050. The molecule has 1 aromatic heterocycles. The number of hydrogen-bond donors (Lipinski definition) is 2. The lowest BCUT2D eigenvalue weighted by Crippen LogP contribution is -2.22. The predicted octanol–water partition coefficient (Wildman–Crippen LogP) is 3.89. The van der Waals surface area contributed by atoms with Crippen molar-refractivity contribution < 1.29 is 9.59 Å². The topological polar surface area (TPSA) is 76.0 Å². The molecule has 0 spiro atoms. The molecule has 0 aliphatic heterocycles. The van der Waals surface area contributed by atoms with Crippen molar-refractivity contribution in [1.29, 1.82) is 0 Å². The van der Waals surface area contributed by atoms with Crippen molar-refractivity contribution in [2.45, 2.75) is 20.8 Å². The molecule has 3 rings (SSSR count). The molecule has 29 heavy (non-hydrogen) atoms. The fourth-order valence-corrected chi connectivity index (χ4v) is 3.06. The molecule has 3 aromatic rings. The molecule has 0 radical (unpaired) electrons. The van der Waals surface area contributed by atoms with Crippen molar-refractivity contribution in [2.24, 2.45) is 0 Å². The molecule has 2 aromatic carbocycles. The van der Waals surface area contributed by atoms with Crippen molar-refractivity contribution in [3.05, 3.63) is 83.2 Å². The molecule has 0 aliphatic rings. The van der Waals surface area contributed by atoms with Crippen LogP contribution in [0.25, 0.3) is 11.8 Å². The normalized spacial score (nSPS) is 10.9. The number of aryl methyl sites for hydroxylation is 1. The number of hydrogen-bond acceptors (Lipinski definition) is 3. The van der Waals surface area contributed by atoms with Gasteiger partial charge in [0.2, 0.25) is 5.91 Å². The van der Waals surface area contributed by atoms with Gasteiger partial charge < -0.3 is 10.6 Å². The lowest BCUT2D eigenvalue weighted by Gasteiger charge is -2.06. The van der Waals surface area contributed by atoms with Crippen molar-refractivity contribution in [3.8, 4) is 5.69 Å². The maximum atomic E-state index is 12.4. The number of benzene rings is 2. The molecule has 1 heterocycles. The minimum absolute atomic E-state index is 0.168. The molecule has 0 bridgehead atoms. The Morgan fingerprint density at radius 1 is 1.07 bits per heavy atom. The van der Waals surface area contributed by atoms with Crippen LogP contribution >= 0.6 is 0 Å². The summed E-state index contributed by atoms with van der Waals surface area (Å²) < 4.78 is 1.86. The predicted molar refractivity (Wildman–Crippen MR) is 115 cm³/mol. The van der Waals surface area contributed by atoms with Gasteiger partial charge in [-0.2, -0.15) is 5.10 Å². The lowest BCUT2D eigenvalue weighted by molar-refractivity contribution is -0.111. The molecule has 0 atom stereocenters. The summed E-state index contributed by atoms with van der Waals surface area (Å²) in [5.41, 5.74) is 4.74. The third kappa shape index (κ3) is 4.79. The molecule has 6 nitrogen and oxygen atoms in total. The van der Waals surface area contributed by atoms with Gasteiger partial charge in [0.25, 0.3) is 5.91 Å². The zero-order valence-corrected chi connectivity index (χ0v) is 16.8. The average molecular weight is 388 g/mol. The first-order valence-corrected chi connectivity index (χ1v) is 9.48. The van der Waals surface area contributed by atoms with E-state index in [1.807, 2.05) is 55.8 Å². The van der Waals surface area contributed by atoms with Gasteiger partial charge in [-0.1, -0.05) is 24.3 Å². The zero-order chi connectivity index (χ0) is 20.8. The van der Waals surface area contributed by atoms with Gasteiger partial charge in [0.05, 0.1) is 11.4 Å². The van der Waals surface area contributed by atoms with E-state index in [0.29, 0.717) is 17.8 Å². The van der Waals surface area contributed by atoms with Gasteiger partial charge in [0.1, 0.15) is 0 Å². The number of para-hydroxylation sites is 1. The highest BCUT2D eigenvalue weighted by atomic mass is 16.2. The summed E-state index contributed by atoms with van der Waals surface area (Å²) in [7, 11) is 0. The van der Waals surface area contributed by atoms with E-state index >= 15 is 0 Å². The number of nitrogens with one attached hydrogen (secondary N) is 2. The monoisotopic (exact) mass is 388 g/mol. The first kappa shape index (κ1) is 20.1. The summed E-state index contributed by atoms with van der Waals surface area (Å²) >= 11 is 0. The van der Waals surface area contributed by atoms with Crippen LogP contribution in [0.2, 0.25) is 0 Å². The second kappa shape index (κ2) is 9.01. The zero-order valence-electron chi connectivity index (χ0n) is 16.8. The first-order chi connectivity index (χ1) is 14.0. The van der Waals surface area contributed by atoms with Crippen molar-refractivity contribution in [3.63, 3.8) is 0 Å². The Morgan fingerprint density at radius 2 is 1.83 bits per heavy atom. The lowest BCUT2D eigenvalue weighted by atomic mass is 10.1. The Labute approximate surface area is 170 Å². The summed E-state index contributed by atoms with van der Waals surface area (Å²) in [6.45, 7) is 6.30. The van der Waals surface area contributed by atoms with Crippen LogP contribution in [0, 0.1) is 13.8 Å². The fourth-order valence-electron chi connectivity index (χ4n) is 3.06. The molecular weight excluding hydrogens is 364 g/mol. The number of rotatable bonds is 6. The maximum Gasteiger partial charge on any atom is 0.251 e. The van der Waals surface area contributed by atoms with E-state index in [4.69, 9.17) is 0 Å². The van der Waals surface area contributed by atoms with Gasteiger partial charge in [-0.25, -0.2) is 4.68 Å². The summed E-state index contributed by atoms with van der Waals surface area (Å²) in [4.78, 5) is 24.3. The highest BCUT2D eigenvalue weighted by molar-refractivity contribution is 6.03. The number of nitrogens with zero attached hydrogens (tertiary/aromatic N) is 2. The molecule has 2 N–H and O–H groups in total. The number of amides is 2. The minimum Gasteiger partial charge on any atom is -0.352 e. The molecule has 148 valence electrons. The summed E-state index contributed by atoms with van der Waals surface area (Å²) in [6.07, 6.45) is 3.24. The van der Waals surface area contributed by atoms with Gasteiger partial charge in [0, 0.05) is 35.1 Å². The fraction of sp³-hybridized carbons (Fsp3) is 0.174. The van der Waals surface area contributed by atoms with E-state index in [-0.39, 0.29) is 11.8 Å². The first-order valence-electron chi connectivity index (χ1n) is 9.48. The number of aromatic nitrogens is 2. The Balaban J connectivity index is 1.74. The van der Waals surface area contributed by atoms with E-state index in [2.05, 4.69) is 15.7 Å². The largest absolute Gasteiger partial charge is 0.352 e. The van der Waals surface area contributed by atoms with Crippen molar-refractivity contribution >= 4 is 23.6 Å². The standard InChI is InChI=1S/C23H24N4O2/c1-4-24-23(29)18-9-8-10-19(15-18)25-22(28)14-13-21-16(2)26-27(17(21)3)20-11-6-5-7-12-20/h5-15H,4H2,1-3H3,(H,24,29)(H,25,28)/b14-13+. The van der Waals surface area contributed by atoms with E-state index in [9.17, 15) is 9.59 Å². The third-order valence-corrected chi connectivity index (χ3v) is 4.48. The van der Waals surface area contributed by atoms with Crippen LogP contribution in [0.3, 0.4) is 0 Å². The van der Waals surface area contributed by atoms with E-state index < -0.39 is 0 Å². The Morgan fingerprint density at radius 3 is 2.55 bits per heavy atom. The molecule has 0 aliphatic carbocycles. The number of anilines is 1. The van der Waals surface area contributed by atoms with Gasteiger partial charge in [-0.15, -0.1) is 0 Å². The third-order valence-electron chi connectivity index (χ3n) is 4.48. The SMILES string of the molecule is CCNC(=O)c1cccc(NC(=O)/C=C/c2c(C)nn(-c3ccccc3)c2C)c1. The molecule has 0 unspecified atom stereocenters. The van der Waals surface area contributed by atoms with Gasteiger partial charge in [0.15, 0.2) is 0 Å². The Hall–Kier alpha value is -3.67. The van der Waals surface area contributed by atoms with Crippen molar-refractivity contribution in [2.75, 3.05) is 11.9 Å². The van der Waals surface area contributed by atoms with Gasteiger partial charge >= 0.3 is 0 Å². The maximum absolute atomic E-state index is 12.4. The second-order valence-corrected chi connectivity index (χ2v) is 6.59. The Kier molecular flexibility index (Phi) is 6.24. The molecule has 0 fully saturated rings. The average Bonchev–Trinajstić information content (AvgIpc) is 3.01. The van der Waals surface area contributed by atoms with Crippen LogP contribution in [0.1, 0.15) is 34.2 Å². The molecular formula is C23H24N4O2. The number of carbonyl (C=O) groups is 2. The summed E-state index contributed by atoms with van der Waals surface area (Å²) in [6, 6.07) is 16.7. The van der Waals surface area contributed by atoms with Crippen molar-refractivity contribution in [1.82, 2.24) is 15.1 Å². The molecule has 0 saturated carbocycles. The molecule has 6 heteroatoms. The van der Waals surface area contributed by atoms with Crippen LogP contribution in [0.4, 0.5) is 5.69 Å². The summed E-state index contributed by atoms with van der Waals surface area (Å²) in [5, 5.41) is 10.1. The molecule has 2 amide bonds. The van der Waals surface area contributed by atoms with Gasteiger partial charge in [-0.3, -0.25) is 9.59 Å². The minimum atomic E-state index is -0.274. The molecule has 0 saturated heterocycles.